The van der Waals surface area contributed by atoms with Crippen LogP contribution in [0.5, 0.6) is 0 Å². The van der Waals surface area contributed by atoms with Crippen molar-refractivity contribution in [1.29, 1.82) is 0 Å². The molecule has 9 nitrogen and oxygen atoms in total. The molecule has 3 rings (SSSR count). The summed E-state index contributed by atoms with van der Waals surface area (Å²) < 4.78 is 7.06. The van der Waals surface area contributed by atoms with Gasteiger partial charge in [0.05, 0.1) is 0 Å². The minimum Gasteiger partial charge on any atom is -0.368 e. The van der Waals surface area contributed by atoms with E-state index in [4.69, 9.17) is 4.74 Å². The third-order valence-corrected chi connectivity index (χ3v) is 5.61. The molecule has 2 aliphatic heterocycles. The summed E-state index contributed by atoms with van der Waals surface area (Å²) in [6, 6.07) is 0. The summed E-state index contributed by atoms with van der Waals surface area (Å²) in [7, 11) is 1.78. The van der Waals surface area contributed by atoms with Gasteiger partial charge >= 0.3 is 0 Å². The molecule has 0 radical (unpaired) electrons. The number of rotatable bonds is 6. The number of nitrogens with one attached hydrogen (secondary N) is 1. The van der Waals surface area contributed by atoms with Gasteiger partial charge in [0.2, 0.25) is 11.1 Å². The zero-order chi connectivity index (χ0) is 17.6. The minimum atomic E-state index is -0.266. The number of ether oxygens (including phenoxy) is 1. The highest BCUT2D eigenvalue weighted by molar-refractivity contribution is 7.99. The SMILES string of the molecule is Cn1nnnc1SCCNC(=O)C1CCN(C(=O)[C@@H]2CCCO2)CC1. The third kappa shape index (κ3) is 4.69. The predicted octanol–water partition coefficient (Wildman–Crippen LogP) is -0.164. The number of aromatic nitrogens is 4. The van der Waals surface area contributed by atoms with E-state index in [0.29, 0.717) is 39.1 Å². The van der Waals surface area contributed by atoms with Crippen LogP contribution in [0.15, 0.2) is 5.16 Å². The van der Waals surface area contributed by atoms with Crippen molar-refractivity contribution in [2.75, 3.05) is 32.0 Å². The van der Waals surface area contributed by atoms with Crippen molar-refractivity contribution >= 4 is 23.6 Å². The molecule has 2 saturated heterocycles. The number of carbonyl (C=O) groups is 2. The Balaban J connectivity index is 1.34. The summed E-state index contributed by atoms with van der Waals surface area (Å²) in [6.07, 6.45) is 2.93. The molecule has 25 heavy (non-hydrogen) atoms. The Morgan fingerprint density at radius 1 is 1.32 bits per heavy atom. The van der Waals surface area contributed by atoms with E-state index in [0.717, 1.165) is 23.8 Å². The van der Waals surface area contributed by atoms with Gasteiger partial charge in [0.15, 0.2) is 0 Å². The largest absolute Gasteiger partial charge is 0.368 e. The monoisotopic (exact) mass is 368 g/mol. The van der Waals surface area contributed by atoms with Gasteiger partial charge in [-0.3, -0.25) is 9.59 Å². The summed E-state index contributed by atoms with van der Waals surface area (Å²) in [4.78, 5) is 26.4. The van der Waals surface area contributed by atoms with Crippen LogP contribution in [0.25, 0.3) is 0 Å². The van der Waals surface area contributed by atoms with Crippen LogP contribution in [0.1, 0.15) is 25.7 Å². The van der Waals surface area contributed by atoms with Crippen molar-refractivity contribution in [1.82, 2.24) is 30.4 Å². The number of hydrogen-bond acceptors (Lipinski definition) is 7. The van der Waals surface area contributed by atoms with Crippen LogP contribution in [0.4, 0.5) is 0 Å². The molecular weight excluding hydrogens is 344 g/mol. The van der Waals surface area contributed by atoms with Gasteiger partial charge in [0.1, 0.15) is 6.10 Å². The summed E-state index contributed by atoms with van der Waals surface area (Å²) >= 11 is 1.51. The highest BCUT2D eigenvalue weighted by Gasteiger charge is 2.32. The van der Waals surface area contributed by atoms with Crippen molar-refractivity contribution in [3.05, 3.63) is 0 Å². The standard InChI is InChI=1S/C15H24N6O3S/c1-20-15(17-18-19-20)25-10-6-16-13(22)11-4-7-21(8-5-11)14(23)12-3-2-9-24-12/h11-12H,2-10H2,1H3,(H,16,22)/t12-/m0/s1. The second-order valence-electron chi connectivity index (χ2n) is 6.33. The Labute approximate surface area is 150 Å². The maximum absolute atomic E-state index is 12.3. The van der Waals surface area contributed by atoms with Gasteiger partial charge in [-0.15, -0.1) is 5.10 Å². The lowest BCUT2D eigenvalue weighted by Gasteiger charge is -2.32. The number of amides is 2. The van der Waals surface area contributed by atoms with Crippen LogP contribution < -0.4 is 5.32 Å². The zero-order valence-electron chi connectivity index (χ0n) is 14.4. The Morgan fingerprint density at radius 3 is 2.76 bits per heavy atom. The zero-order valence-corrected chi connectivity index (χ0v) is 15.2. The fourth-order valence-corrected chi connectivity index (χ4v) is 3.85. The van der Waals surface area contributed by atoms with E-state index >= 15 is 0 Å². The van der Waals surface area contributed by atoms with Crippen LogP contribution >= 0.6 is 11.8 Å². The number of nitrogens with zero attached hydrogens (tertiary/aromatic N) is 5. The number of hydrogen-bond donors (Lipinski definition) is 1. The van der Waals surface area contributed by atoms with Crippen molar-refractivity contribution in [2.45, 2.75) is 36.9 Å². The summed E-state index contributed by atoms with van der Waals surface area (Å²) in [6.45, 7) is 2.52. The summed E-state index contributed by atoms with van der Waals surface area (Å²) in [5.74, 6) is 0.858. The second kappa shape index (κ2) is 8.61. The van der Waals surface area contributed by atoms with E-state index in [1.165, 1.54) is 11.8 Å². The van der Waals surface area contributed by atoms with E-state index in [1.54, 1.807) is 11.7 Å². The molecule has 0 aromatic carbocycles. The Bertz CT molecular complexity index is 596. The molecule has 0 bridgehead atoms. The van der Waals surface area contributed by atoms with Gasteiger partial charge in [0, 0.05) is 45.0 Å². The van der Waals surface area contributed by atoms with Gasteiger partial charge in [-0.05, 0) is 36.1 Å². The molecule has 2 aliphatic rings. The molecule has 10 heteroatoms. The molecule has 2 fully saturated rings. The molecule has 1 aromatic heterocycles. The molecule has 0 spiro atoms. The molecular formula is C15H24N6O3S. The van der Waals surface area contributed by atoms with Crippen LogP contribution in [0, 0.1) is 5.92 Å². The van der Waals surface area contributed by atoms with Gasteiger partial charge in [-0.1, -0.05) is 11.8 Å². The Morgan fingerprint density at radius 2 is 2.12 bits per heavy atom. The highest BCUT2D eigenvalue weighted by Crippen LogP contribution is 2.21. The topological polar surface area (TPSA) is 102 Å². The quantitative estimate of drug-likeness (QED) is 0.550. The molecule has 0 unspecified atom stereocenters. The first-order valence-corrected chi connectivity index (χ1v) is 9.67. The van der Waals surface area contributed by atoms with E-state index in [-0.39, 0.29) is 23.8 Å². The maximum Gasteiger partial charge on any atom is 0.251 e. The molecule has 0 saturated carbocycles. The minimum absolute atomic E-state index is 0.0185. The van der Waals surface area contributed by atoms with Crippen LogP contribution in [-0.4, -0.2) is 75.0 Å². The molecule has 1 N–H and O–H groups in total. The van der Waals surface area contributed by atoms with E-state index < -0.39 is 0 Å². The van der Waals surface area contributed by atoms with E-state index in [9.17, 15) is 9.59 Å². The van der Waals surface area contributed by atoms with Crippen LogP contribution in [0.3, 0.4) is 0 Å². The summed E-state index contributed by atoms with van der Waals surface area (Å²) in [5.41, 5.74) is 0. The molecule has 1 aromatic rings. The van der Waals surface area contributed by atoms with Gasteiger partial charge in [0.25, 0.3) is 5.91 Å². The predicted molar refractivity (Wildman–Crippen MR) is 90.8 cm³/mol. The third-order valence-electron chi connectivity index (χ3n) is 4.60. The second-order valence-corrected chi connectivity index (χ2v) is 7.39. The van der Waals surface area contributed by atoms with Gasteiger partial charge in [-0.25, -0.2) is 4.68 Å². The van der Waals surface area contributed by atoms with E-state index in [2.05, 4.69) is 20.8 Å². The smallest absolute Gasteiger partial charge is 0.251 e. The van der Waals surface area contributed by atoms with Crippen LogP contribution in [-0.2, 0) is 21.4 Å². The van der Waals surface area contributed by atoms with E-state index in [1.807, 2.05) is 4.90 Å². The van der Waals surface area contributed by atoms with Crippen molar-refractivity contribution in [3.8, 4) is 0 Å². The lowest BCUT2D eigenvalue weighted by Crippen LogP contribution is -2.46. The number of likely N-dealkylation sites (tertiary alicyclic amines) is 1. The highest BCUT2D eigenvalue weighted by atomic mass is 32.2. The van der Waals surface area contributed by atoms with Crippen molar-refractivity contribution < 1.29 is 14.3 Å². The first-order chi connectivity index (χ1) is 12.1. The number of thioether (sulfide) groups is 1. The lowest BCUT2D eigenvalue weighted by atomic mass is 9.95. The number of piperidine rings is 1. The van der Waals surface area contributed by atoms with Gasteiger partial charge in [-0.2, -0.15) is 0 Å². The molecule has 3 heterocycles. The Kier molecular flexibility index (Phi) is 6.24. The van der Waals surface area contributed by atoms with Crippen molar-refractivity contribution in [2.24, 2.45) is 13.0 Å². The number of aryl methyl sites for hydroxylation is 1. The summed E-state index contributed by atoms with van der Waals surface area (Å²) in [5, 5.41) is 14.9. The van der Waals surface area contributed by atoms with Gasteiger partial charge < -0.3 is 15.0 Å². The maximum atomic E-state index is 12.3. The number of tetrazole rings is 1. The first kappa shape index (κ1) is 18.1. The lowest BCUT2D eigenvalue weighted by molar-refractivity contribution is -0.143. The molecule has 1 atom stereocenters. The molecule has 138 valence electrons. The van der Waals surface area contributed by atoms with Crippen LogP contribution in [0.2, 0.25) is 0 Å². The fourth-order valence-electron chi connectivity index (χ4n) is 3.14. The average molecular weight is 368 g/mol. The Hall–Kier alpha value is -1.68. The number of carbonyl (C=O) groups excluding carboxylic acids is 2. The molecule has 0 aliphatic carbocycles. The van der Waals surface area contributed by atoms with Crippen molar-refractivity contribution in [3.63, 3.8) is 0 Å². The first-order valence-electron chi connectivity index (χ1n) is 8.68. The average Bonchev–Trinajstić information content (AvgIpc) is 3.30. The normalized spacial score (nSPS) is 21.5. The fraction of sp³-hybridized carbons (Fsp3) is 0.800. The molecule has 2 amide bonds.